The smallest absolute Gasteiger partial charge is 0.313 e. The second kappa shape index (κ2) is 6.66. The van der Waals surface area contributed by atoms with E-state index in [4.69, 9.17) is 0 Å². The van der Waals surface area contributed by atoms with E-state index in [9.17, 15) is 14.0 Å². The summed E-state index contributed by atoms with van der Waals surface area (Å²) in [5.74, 6) is -1.44. The third-order valence-electron chi connectivity index (χ3n) is 3.61. The van der Waals surface area contributed by atoms with Gasteiger partial charge < -0.3 is 16.0 Å². The van der Waals surface area contributed by atoms with Gasteiger partial charge in [0, 0.05) is 17.9 Å². The van der Waals surface area contributed by atoms with Crippen LogP contribution < -0.4 is 16.0 Å². The van der Waals surface area contributed by atoms with Gasteiger partial charge in [-0.15, -0.1) is 0 Å². The molecule has 0 radical (unpaired) electrons. The lowest BCUT2D eigenvalue weighted by atomic mass is 10.2. The van der Waals surface area contributed by atoms with E-state index in [1.165, 1.54) is 12.3 Å². The van der Waals surface area contributed by atoms with Crippen molar-refractivity contribution in [3.63, 3.8) is 0 Å². The summed E-state index contributed by atoms with van der Waals surface area (Å²) < 4.78 is 13.6. The van der Waals surface area contributed by atoms with Crippen LogP contribution in [0.3, 0.4) is 0 Å². The van der Waals surface area contributed by atoms with Gasteiger partial charge in [0.05, 0.1) is 5.69 Å². The predicted octanol–water partition coefficient (Wildman–Crippen LogP) is 2.49. The number of aryl methyl sites for hydroxylation is 1. The number of hydrogen-bond acceptors (Lipinski definition) is 4. The van der Waals surface area contributed by atoms with Crippen molar-refractivity contribution in [1.29, 1.82) is 0 Å². The van der Waals surface area contributed by atoms with Crippen LogP contribution in [0.2, 0.25) is 0 Å². The van der Waals surface area contributed by atoms with Crippen LogP contribution in [0.1, 0.15) is 18.4 Å². The number of rotatable bonds is 4. The molecule has 7 heteroatoms. The van der Waals surface area contributed by atoms with Gasteiger partial charge in [0.25, 0.3) is 0 Å². The van der Waals surface area contributed by atoms with Gasteiger partial charge in [0.1, 0.15) is 5.82 Å². The van der Waals surface area contributed by atoms with E-state index < -0.39 is 11.8 Å². The number of aromatic nitrogens is 1. The second-order valence-corrected chi connectivity index (χ2v) is 5.69. The number of nitrogens with one attached hydrogen (secondary N) is 3. The number of anilines is 3. The summed E-state index contributed by atoms with van der Waals surface area (Å²) in [5.41, 5.74) is 1.37. The van der Waals surface area contributed by atoms with Crippen molar-refractivity contribution in [2.24, 2.45) is 0 Å². The van der Waals surface area contributed by atoms with Gasteiger partial charge >= 0.3 is 11.8 Å². The zero-order chi connectivity index (χ0) is 17.1. The highest BCUT2D eigenvalue weighted by Gasteiger charge is 2.26. The van der Waals surface area contributed by atoms with Gasteiger partial charge in [-0.2, -0.15) is 0 Å². The summed E-state index contributed by atoms with van der Waals surface area (Å²) in [4.78, 5) is 27.8. The normalized spacial score (nSPS) is 13.2. The molecule has 3 rings (SSSR count). The number of carbonyl (C=O) groups is 2. The molecule has 6 nitrogen and oxygen atoms in total. The second-order valence-electron chi connectivity index (χ2n) is 5.69. The molecule has 0 bridgehead atoms. The first-order valence-corrected chi connectivity index (χ1v) is 7.63. The first-order chi connectivity index (χ1) is 11.5. The molecule has 1 aromatic carbocycles. The fraction of sp³-hybridized carbons (Fsp3) is 0.235. The lowest BCUT2D eigenvalue weighted by molar-refractivity contribution is -0.136. The standard InChI is InChI=1S/C17H17FN4O2/c1-10-4-5-12(9-13(10)18)20-15-14(3-2-8-19-15)22-17(24)16(23)21-11-6-7-11/h2-5,8-9,11H,6-7H2,1H3,(H,19,20)(H,21,23)(H,22,24). The molecule has 1 aliphatic carbocycles. The molecule has 0 saturated heterocycles. The Balaban J connectivity index is 1.73. The molecule has 3 N–H and O–H groups in total. The van der Waals surface area contributed by atoms with E-state index in [-0.39, 0.29) is 11.9 Å². The Morgan fingerprint density at radius 1 is 1.21 bits per heavy atom. The van der Waals surface area contributed by atoms with E-state index in [2.05, 4.69) is 20.9 Å². The number of benzene rings is 1. The van der Waals surface area contributed by atoms with Crippen LogP contribution in [-0.4, -0.2) is 22.8 Å². The van der Waals surface area contributed by atoms with Crippen LogP contribution in [-0.2, 0) is 9.59 Å². The highest BCUT2D eigenvalue weighted by molar-refractivity contribution is 6.40. The average Bonchev–Trinajstić information content (AvgIpc) is 3.36. The molecule has 1 fully saturated rings. The Bertz CT molecular complexity index is 790. The Labute approximate surface area is 138 Å². The largest absolute Gasteiger partial charge is 0.345 e. The zero-order valence-corrected chi connectivity index (χ0v) is 13.1. The third kappa shape index (κ3) is 3.87. The minimum absolute atomic E-state index is 0.102. The maximum atomic E-state index is 13.6. The molecule has 2 amide bonds. The van der Waals surface area contributed by atoms with Gasteiger partial charge in [-0.05, 0) is 49.6 Å². The van der Waals surface area contributed by atoms with Gasteiger partial charge in [-0.3, -0.25) is 9.59 Å². The molecular formula is C17H17FN4O2. The van der Waals surface area contributed by atoms with E-state index in [1.807, 2.05) is 0 Å². The average molecular weight is 328 g/mol. The Morgan fingerprint density at radius 3 is 2.71 bits per heavy atom. The number of amides is 2. The zero-order valence-electron chi connectivity index (χ0n) is 13.1. The summed E-state index contributed by atoms with van der Waals surface area (Å²) in [5, 5.41) is 8.08. The highest BCUT2D eigenvalue weighted by atomic mass is 19.1. The minimum atomic E-state index is -0.756. The van der Waals surface area contributed by atoms with Crippen molar-refractivity contribution < 1.29 is 14.0 Å². The molecule has 0 spiro atoms. The number of pyridine rings is 1. The summed E-state index contributed by atoms with van der Waals surface area (Å²) >= 11 is 0. The molecule has 1 aliphatic rings. The predicted molar refractivity (Wildman–Crippen MR) is 88.5 cm³/mol. The number of nitrogens with zero attached hydrogens (tertiary/aromatic N) is 1. The summed E-state index contributed by atoms with van der Waals surface area (Å²) in [6, 6.07) is 8.04. The van der Waals surface area contributed by atoms with Crippen molar-refractivity contribution in [3.8, 4) is 0 Å². The Hall–Kier alpha value is -2.96. The fourth-order valence-corrected chi connectivity index (χ4v) is 2.07. The molecule has 1 saturated carbocycles. The van der Waals surface area contributed by atoms with E-state index in [0.29, 0.717) is 22.8 Å². The molecular weight excluding hydrogens is 311 g/mol. The third-order valence-corrected chi connectivity index (χ3v) is 3.61. The van der Waals surface area contributed by atoms with E-state index in [0.717, 1.165) is 12.8 Å². The maximum Gasteiger partial charge on any atom is 0.313 e. The molecule has 2 aromatic rings. The van der Waals surface area contributed by atoms with Crippen molar-refractivity contribution in [2.45, 2.75) is 25.8 Å². The summed E-state index contributed by atoms with van der Waals surface area (Å²) in [6.07, 6.45) is 3.34. The maximum absolute atomic E-state index is 13.6. The van der Waals surface area contributed by atoms with Crippen LogP contribution >= 0.6 is 0 Å². The van der Waals surface area contributed by atoms with Crippen LogP contribution in [0.5, 0.6) is 0 Å². The van der Waals surface area contributed by atoms with Crippen molar-refractivity contribution in [2.75, 3.05) is 10.6 Å². The topological polar surface area (TPSA) is 83.1 Å². The number of hydrogen-bond donors (Lipinski definition) is 3. The molecule has 124 valence electrons. The molecule has 1 heterocycles. The first-order valence-electron chi connectivity index (χ1n) is 7.63. The van der Waals surface area contributed by atoms with E-state index in [1.54, 1.807) is 31.2 Å². The number of halogens is 1. The molecule has 0 aliphatic heterocycles. The van der Waals surface area contributed by atoms with Crippen molar-refractivity contribution in [1.82, 2.24) is 10.3 Å². The lowest BCUT2D eigenvalue weighted by Gasteiger charge is -2.12. The molecule has 0 unspecified atom stereocenters. The van der Waals surface area contributed by atoms with Gasteiger partial charge in [0.15, 0.2) is 5.82 Å². The Morgan fingerprint density at radius 2 is 2.00 bits per heavy atom. The van der Waals surface area contributed by atoms with Crippen LogP contribution in [0.25, 0.3) is 0 Å². The quantitative estimate of drug-likeness (QED) is 0.753. The number of carbonyl (C=O) groups excluding carboxylic acids is 2. The minimum Gasteiger partial charge on any atom is -0.345 e. The van der Waals surface area contributed by atoms with Gasteiger partial charge in [-0.1, -0.05) is 6.07 Å². The first kappa shape index (κ1) is 15.9. The van der Waals surface area contributed by atoms with Crippen LogP contribution in [0.4, 0.5) is 21.6 Å². The summed E-state index contributed by atoms with van der Waals surface area (Å²) in [6.45, 7) is 1.67. The fourth-order valence-electron chi connectivity index (χ4n) is 2.07. The molecule has 24 heavy (non-hydrogen) atoms. The van der Waals surface area contributed by atoms with Gasteiger partial charge in [-0.25, -0.2) is 9.37 Å². The van der Waals surface area contributed by atoms with Crippen molar-refractivity contribution >= 4 is 29.0 Å². The lowest BCUT2D eigenvalue weighted by Crippen LogP contribution is -2.36. The van der Waals surface area contributed by atoms with Crippen LogP contribution in [0, 0.1) is 12.7 Å². The van der Waals surface area contributed by atoms with Gasteiger partial charge in [0.2, 0.25) is 0 Å². The highest BCUT2D eigenvalue weighted by Crippen LogP contribution is 2.24. The molecule has 0 atom stereocenters. The molecule has 1 aromatic heterocycles. The van der Waals surface area contributed by atoms with Crippen molar-refractivity contribution in [3.05, 3.63) is 47.9 Å². The van der Waals surface area contributed by atoms with Crippen LogP contribution in [0.15, 0.2) is 36.5 Å². The summed E-state index contributed by atoms with van der Waals surface area (Å²) in [7, 11) is 0. The Kier molecular flexibility index (Phi) is 4.41. The van der Waals surface area contributed by atoms with E-state index >= 15 is 0 Å². The monoisotopic (exact) mass is 328 g/mol. The SMILES string of the molecule is Cc1ccc(Nc2ncccc2NC(=O)C(=O)NC2CC2)cc1F.